The number of rotatable bonds is 5. The maximum Gasteiger partial charge on any atom is 0.280 e. The molecule has 0 radical (unpaired) electrons. The molecule has 1 N–H and O–H groups in total. The molecule has 3 aromatic carbocycles. The van der Waals surface area contributed by atoms with Gasteiger partial charge in [0.1, 0.15) is 11.6 Å². The van der Waals surface area contributed by atoms with E-state index in [1.165, 1.54) is 28.9 Å². The van der Waals surface area contributed by atoms with E-state index in [1.54, 1.807) is 48.5 Å². The molecule has 1 aromatic heterocycles. The average molecular weight is 403 g/mol. The Morgan fingerprint density at radius 1 is 1.03 bits per heavy atom. The van der Waals surface area contributed by atoms with Crippen molar-refractivity contribution in [1.82, 2.24) is 9.78 Å². The molecule has 0 spiro atoms. The van der Waals surface area contributed by atoms with E-state index < -0.39 is 17.2 Å². The van der Waals surface area contributed by atoms with Crippen LogP contribution in [-0.2, 0) is 0 Å². The summed E-state index contributed by atoms with van der Waals surface area (Å²) in [5.41, 5.74) is 0.819. The van der Waals surface area contributed by atoms with Gasteiger partial charge in [-0.2, -0.15) is 5.10 Å². The number of nitrogens with one attached hydrogen (secondary N) is 1. The van der Waals surface area contributed by atoms with Gasteiger partial charge < -0.3 is 10.1 Å². The van der Waals surface area contributed by atoms with Gasteiger partial charge in [0.05, 0.1) is 23.2 Å². The number of carbonyl (C=O) groups excluding carboxylic acids is 1. The molecule has 1 heterocycles. The fourth-order valence-electron chi connectivity index (χ4n) is 3.10. The minimum absolute atomic E-state index is 0.257. The maximum absolute atomic E-state index is 13.4. The number of hydrogen-bond donors (Lipinski definition) is 1. The highest BCUT2D eigenvalue weighted by atomic mass is 19.1. The first-order chi connectivity index (χ1) is 14.6. The van der Waals surface area contributed by atoms with Crippen molar-refractivity contribution in [2.75, 3.05) is 11.9 Å². The van der Waals surface area contributed by atoms with E-state index in [2.05, 4.69) is 10.4 Å². The molecule has 0 bridgehead atoms. The van der Waals surface area contributed by atoms with Crippen molar-refractivity contribution in [3.8, 4) is 11.4 Å². The highest BCUT2D eigenvalue weighted by Gasteiger charge is 2.18. The number of carbonyl (C=O) groups is 1. The summed E-state index contributed by atoms with van der Waals surface area (Å²) in [6.07, 6.45) is 0. The predicted molar refractivity (Wildman–Crippen MR) is 113 cm³/mol. The molecule has 6 nitrogen and oxygen atoms in total. The lowest BCUT2D eigenvalue weighted by Crippen LogP contribution is -2.26. The summed E-state index contributed by atoms with van der Waals surface area (Å²) in [4.78, 5) is 25.8. The molecule has 0 atom stereocenters. The van der Waals surface area contributed by atoms with Gasteiger partial charge >= 0.3 is 0 Å². The number of anilines is 1. The van der Waals surface area contributed by atoms with E-state index in [0.29, 0.717) is 34.6 Å². The zero-order valence-electron chi connectivity index (χ0n) is 16.1. The Bertz CT molecular complexity index is 1270. The third-order valence-corrected chi connectivity index (χ3v) is 4.50. The molecule has 0 unspecified atom stereocenters. The Balaban J connectivity index is 1.76. The van der Waals surface area contributed by atoms with Gasteiger partial charge in [-0.25, -0.2) is 9.07 Å². The van der Waals surface area contributed by atoms with Crippen molar-refractivity contribution in [2.24, 2.45) is 0 Å². The molecule has 0 aliphatic heterocycles. The lowest BCUT2D eigenvalue weighted by Gasteiger charge is -2.12. The van der Waals surface area contributed by atoms with Crippen LogP contribution >= 0.6 is 0 Å². The van der Waals surface area contributed by atoms with Crippen LogP contribution < -0.4 is 15.5 Å². The van der Waals surface area contributed by atoms with E-state index in [9.17, 15) is 14.0 Å². The first kappa shape index (κ1) is 19.3. The van der Waals surface area contributed by atoms with Gasteiger partial charge in [-0.15, -0.1) is 0 Å². The second-order valence-corrected chi connectivity index (χ2v) is 6.49. The molecule has 0 saturated heterocycles. The zero-order valence-corrected chi connectivity index (χ0v) is 16.1. The van der Waals surface area contributed by atoms with Crippen molar-refractivity contribution < 1.29 is 13.9 Å². The Labute approximate surface area is 171 Å². The lowest BCUT2D eigenvalue weighted by molar-refractivity contribution is 0.102. The third-order valence-electron chi connectivity index (χ3n) is 4.50. The van der Waals surface area contributed by atoms with Crippen LogP contribution in [0.2, 0.25) is 0 Å². The van der Waals surface area contributed by atoms with Crippen molar-refractivity contribution >= 4 is 22.5 Å². The molecule has 30 heavy (non-hydrogen) atoms. The molecular weight excluding hydrogens is 385 g/mol. The number of nitrogens with zero attached hydrogens (tertiary/aromatic N) is 2. The number of amides is 1. The van der Waals surface area contributed by atoms with Gasteiger partial charge in [0, 0.05) is 5.69 Å². The minimum atomic E-state index is -0.634. The first-order valence-electron chi connectivity index (χ1n) is 9.39. The van der Waals surface area contributed by atoms with Crippen LogP contribution in [0.5, 0.6) is 5.75 Å². The van der Waals surface area contributed by atoms with Crippen molar-refractivity contribution in [2.45, 2.75) is 6.92 Å². The fourth-order valence-corrected chi connectivity index (χ4v) is 3.10. The summed E-state index contributed by atoms with van der Waals surface area (Å²) in [6.45, 7) is 2.42. The number of para-hydroxylation sites is 1. The van der Waals surface area contributed by atoms with Crippen LogP contribution in [0.25, 0.3) is 16.6 Å². The van der Waals surface area contributed by atoms with Gasteiger partial charge in [0.2, 0.25) is 5.43 Å². The number of hydrogen-bond acceptors (Lipinski definition) is 4. The summed E-state index contributed by atoms with van der Waals surface area (Å²) in [5.74, 6) is -0.346. The van der Waals surface area contributed by atoms with Crippen LogP contribution in [0.15, 0.2) is 77.6 Å². The Kier molecular flexibility index (Phi) is 5.26. The molecule has 0 saturated carbocycles. The van der Waals surface area contributed by atoms with Gasteiger partial charge in [-0.05, 0) is 67.6 Å². The largest absolute Gasteiger partial charge is 0.494 e. The smallest absolute Gasteiger partial charge is 0.280 e. The number of benzene rings is 3. The molecule has 0 aliphatic rings. The Morgan fingerprint density at radius 2 is 1.73 bits per heavy atom. The standard InChI is InChI=1S/C23H18FN3O3/c1-2-30-18-13-9-16(10-14-18)25-23(29)21-22(28)19-5-3-4-6-20(19)27(26-21)17-11-7-15(24)8-12-17/h3-14H,2H2,1H3,(H,25,29). The molecule has 1 amide bonds. The van der Waals surface area contributed by atoms with Crippen LogP contribution in [0.3, 0.4) is 0 Å². The number of aromatic nitrogens is 2. The highest BCUT2D eigenvalue weighted by Crippen LogP contribution is 2.18. The van der Waals surface area contributed by atoms with E-state index in [4.69, 9.17) is 4.74 Å². The topological polar surface area (TPSA) is 73.2 Å². The zero-order chi connectivity index (χ0) is 21.1. The van der Waals surface area contributed by atoms with Gasteiger partial charge in [0.25, 0.3) is 5.91 Å². The van der Waals surface area contributed by atoms with Crippen LogP contribution in [0.4, 0.5) is 10.1 Å². The Morgan fingerprint density at radius 3 is 2.43 bits per heavy atom. The summed E-state index contributed by atoms with van der Waals surface area (Å²) in [5, 5.41) is 7.32. The summed E-state index contributed by atoms with van der Waals surface area (Å²) in [6, 6.07) is 19.3. The molecule has 4 rings (SSSR count). The van der Waals surface area contributed by atoms with E-state index in [-0.39, 0.29) is 5.69 Å². The van der Waals surface area contributed by atoms with Crippen molar-refractivity contribution in [1.29, 1.82) is 0 Å². The van der Waals surface area contributed by atoms with Crippen molar-refractivity contribution in [3.63, 3.8) is 0 Å². The molecule has 150 valence electrons. The van der Waals surface area contributed by atoms with Gasteiger partial charge in [0.15, 0.2) is 5.69 Å². The monoisotopic (exact) mass is 403 g/mol. The van der Waals surface area contributed by atoms with E-state index in [1.807, 2.05) is 6.92 Å². The second-order valence-electron chi connectivity index (χ2n) is 6.49. The van der Waals surface area contributed by atoms with Gasteiger partial charge in [-0.3, -0.25) is 9.59 Å². The molecular formula is C23H18FN3O3. The van der Waals surface area contributed by atoms with Gasteiger partial charge in [-0.1, -0.05) is 12.1 Å². The lowest BCUT2D eigenvalue weighted by atomic mass is 10.2. The second kappa shape index (κ2) is 8.16. The van der Waals surface area contributed by atoms with E-state index in [0.717, 1.165) is 0 Å². The van der Waals surface area contributed by atoms with Crippen LogP contribution in [0.1, 0.15) is 17.4 Å². The third kappa shape index (κ3) is 3.77. The molecule has 7 heteroatoms. The normalized spacial score (nSPS) is 10.7. The maximum atomic E-state index is 13.4. The number of halogens is 1. The van der Waals surface area contributed by atoms with E-state index >= 15 is 0 Å². The fraction of sp³-hybridized carbons (Fsp3) is 0.0870. The Hall–Kier alpha value is -4.00. The molecule has 0 aliphatic carbocycles. The number of fused-ring (bicyclic) bond motifs is 1. The molecule has 0 fully saturated rings. The highest BCUT2D eigenvalue weighted by molar-refractivity contribution is 6.04. The SMILES string of the molecule is CCOc1ccc(NC(=O)c2nn(-c3ccc(F)cc3)c3ccccc3c2=O)cc1. The summed E-state index contributed by atoms with van der Waals surface area (Å²) in [7, 11) is 0. The minimum Gasteiger partial charge on any atom is -0.494 e. The predicted octanol–water partition coefficient (Wildman–Crippen LogP) is 4.18. The summed E-state index contributed by atoms with van der Waals surface area (Å²) < 4.78 is 20.2. The average Bonchev–Trinajstić information content (AvgIpc) is 2.76. The van der Waals surface area contributed by atoms with Crippen LogP contribution in [-0.4, -0.2) is 22.3 Å². The van der Waals surface area contributed by atoms with Crippen molar-refractivity contribution in [3.05, 3.63) is 94.5 Å². The quantitative estimate of drug-likeness (QED) is 0.543. The summed E-state index contributed by atoms with van der Waals surface area (Å²) >= 11 is 0. The first-order valence-corrected chi connectivity index (χ1v) is 9.39. The number of ether oxygens (including phenoxy) is 1. The molecule has 4 aromatic rings. The van der Waals surface area contributed by atoms with Crippen LogP contribution in [0, 0.1) is 5.82 Å².